The second-order valence-electron chi connectivity index (χ2n) is 6.13. The van der Waals surface area contributed by atoms with Crippen LogP contribution < -0.4 is 15.4 Å². The van der Waals surface area contributed by atoms with Gasteiger partial charge >= 0.3 is 6.18 Å². The molecule has 1 saturated heterocycles. The van der Waals surface area contributed by atoms with Crippen LogP contribution in [-0.2, 0) is 11.0 Å². The number of nitrogens with one attached hydrogen (secondary N) is 2. The van der Waals surface area contributed by atoms with Crippen LogP contribution in [0.3, 0.4) is 0 Å². The summed E-state index contributed by atoms with van der Waals surface area (Å²) < 4.78 is 43.4. The van der Waals surface area contributed by atoms with Crippen LogP contribution in [0.2, 0.25) is 5.02 Å². The van der Waals surface area contributed by atoms with Gasteiger partial charge in [-0.25, -0.2) is 4.98 Å². The number of benzene rings is 1. The summed E-state index contributed by atoms with van der Waals surface area (Å²) in [6, 6.07) is 5.86. The van der Waals surface area contributed by atoms with Gasteiger partial charge in [-0.2, -0.15) is 13.2 Å². The van der Waals surface area contributed by atoms with Gasteiger partial charge < -0.3 is 15.4 Å². The molecule has 3 rings (SSSR count). The molecule has 1 fully saturated rings. The lowest BCUT2D eigenvalue weighted by Crippen LogP contribution is -2.45. The van der Waals surface area contributed by atoms with Crippen LogP contribution in [0.15, 0.2) is 36.5 Å². The number of amides is 2. The van der Waals surface area contributed by atoms with E-state index in [0.717, 1.165) is 18.3 Å². The molecule has 2 N–H and O–H groups in total. The number of carbonyl (C=O) groups excluding carboxylic acids is 2. The fourth-order valence-corrected chi connectivity index (χ4v) is 2.84. The number of ether oxygens (including phenoxy) is 1. The van der Waals surface area contributed by atoms with Crippen molar-refractivity contribution in [2.24, 2.45) is 0 Å². The Kier molecular flexibility index (Phi) is 5.73. The normalized spacial score (nSPS) is 17.0. The lowest BCUT2D eigenvalue weighted by Gasteiger charge is -2.23. The van der Waals surface area contributed by atoms with Gasteiger partial charge in [0, 0.05) is 30.1 Å². The zero-order chi connectivity index (χ0) is 20.3. The van der Waals surface area contributed by atoms with Gasteiger partial charge in [-0.3, -0.25) is 9.59 Å². The Balaban J connectivity index is 1.78. The molecule has 10 heteroatoms. The van der Waals surface area contributed by atoms with E-state index in [9.17, 15) is 22.8 Å². The van der Waals surface area contributed by atoms with Gasteiger partial charge in [-0.05, 0) is 30.7 Å². The maximum Gasteiger partial charge on any atom is 0.433 e. The summed E-state index contributed by atoms with van der Waals surface area (Å²) in [5.74, 6) is -0.556. The molecule has 2 aromatic rings. The zero-order valence-corrected chi connectivity index (χ0v) is 15.1. The monoisotopic (exact) mass is 413 g/mol. The number of carbonyl (C=O) groups is 2. The van der Waals surface area contributed by atoms with E-state index in [0.29, 0.717) is 13.0 Å². The molecule has 1 atom stereocenters. The Morgan fingerprint density at radius 1 is 1.29 bits per heavy atom. The average molecular weight is 414 g/mol. The Hall–Kier alpha value is -2.81. The lowest BCUT2D eigenvalue weighted by molar-refractivity contribution is -0.141. The third-order valence-electron chi connectivity index (χ3n) is 4.02. The summed E-state index contributed by atoms with van der Waals surface area (Å²) >= 11 is 5.95. The summed E-state index contributed by atoms with van der Waals surface area (Å²) in [4.78, 5) is 27.4. The Morgan fingerprint density at radius 2 is 2.07 bits per heavy atom. The average Bonchev–Trinajstić information content (AvgIpc) is 2.61. The maximum absolute atomic E-state index is 12.6. The quantitative estimate of drug-likeness (QED) is 0.803. The third-order valence-corrected chi connectivity index (χ3v) is 4.26. The standard InChI is InChI=1S/C18H15ClF3N3O3/c19-10-1-3-13(17(27)25-11-5-6-23-16(26)8-11)14(7-10)28-12-2-4-15(24-9-12)18(20,21)22/h1-4,7,9,11H,5-6,8H2,(H,23,26)(H,25,27). The highest BCUT2D eigenvalue weighted by atomic mass is 35.5. The molecule has 6 nitrogen and oxygen atoms in total. The van der Waals surface area contributed by atoms with Crippen molar-refractivity contribution in [3.63, 3.8) is 0 Å². The summed E-state index contributed by atoms with van der Waals surface area (Å²) in [5.41, 5.74) is -0.922. The molecule has 1 unspecified atom stereocenters. The minimum absolute atomic E-state index is 0.0151. The van der Waals surface area contributed by atoms with Gasteiger partial charge in [-0.1, -0.05) is 11.6 Å². The predicted molar refractivity (Wildman–Crippen MR) is 94.3 cm³/mol. The number of aromatic nitrogens is 1. The van der Waals surface area contributed by atoms with Crippen molar-refractivity contribution in [1.82, 2.24) is 15.6 Å². The van der Waals surface area contributed by atoms with E-state index in [-0.39, 0.29) is 40.5 Å². The SMILES string of the molecule is O=C1CC(NC(=O)c2ccc(Cl)cc2Oc2ccc(C(F)(F)F)nc2)CCN1. The number of pyridine rings is 1. The molecule has 28 heavy (non-hydrogen) atoms. The highest BCUT2D eigenvalue weighted by Crippen LogP contribution is 2.31. The summed E-state index contributed by atoms with van der Waals surface area (Å²) in [6.07, 6.45) is -2.90. The van der Waals surface area contributed by atoms with Crippen LogP contribution in [0, 0.1) is 0 Å². The molecule has 1 aromatic carbocycles. The molecule has 1 aliphatic rings. The number of rotatable bonds is 4. The van der Waals surface area contributed by atoms with Crippen LogP contribution >= 0.6 is 11.6 Å². The molecule has 1 aromatic heterocycles. The molecular weight excluding hydrogens is 399 g/mol. The van der Waals surface area contributed by atoms with E-state index in [1.165, 1.54) is 18.2 Å². The second-order valence-corrected chi connectivity index (χ2v) is 6.57. The maximum atomic E-state index is 12.6. The lowest BCUT2D eigenvalue weighted by atomic mass is 10.1. The molecule has 148 valence electrons. The molecule has 1 aliphatic heterocycles. The van der Waals surface area contributed by atoms with E-state index >= 15 is 0 Å². The first-order valence-electron chi connectivity index (χ1n) is 8.30. The van der Waals surface area contributed by atoms with Crippen molar-refractivity contribution in [3.05, 3.63) is 52.8 Å². The molecule has 0 saturated carbocycles. The fraction of sp³-hybridized carbons (Fsp3) is 0.278. The highest BCUT2D eigenvalue weighted by Gasteiger charge is 2.32. The molecule has 2 amide bonds. The third kappa shape index (κ3) is 4.92. The number of piperidine rings is 1. The van der Waals surface area contributed by atoms with Gasteiger partial charge in [0.25, 0.3) is 5.91 Å². The minimum Gasteiger partial charge on any atom is -0.455 e. The smallest absolute Gasteiger partial charge is 0.433 e. The van der Waals surface area contributed by atoms with Crippen LogP contribution in [0.1, 0.15) is 28.9 Å². The van der Waals surface area contributed by atoms with Gasteiger partial charge in [-0.15, -0.1) is 0 Å². The van der Waals surface area contributed by atoms with Crippen molar-refractivity contribution in [1.29, 1.82) is 0 Å². The molecular formula is C18H15ClF3N3O3. The topological polar surface area (TPSA) is 80.3 Å². The van der Waals surface area contributed by atoms with Crippen LogP contribution in [0.25, 0.3) is 0 Å². The van der Waals surface area contributed by atoms with E-state index < -0.39 is 17.8 Å². The first-order chi connectivity index (χ1) is 13.2. The van der Waals surface area contributed by atoms with Gasteiger partial charge in [0.05, 0.1) is 11.8 Å². The highest BCUT2D eigenvalue weighted by molar-refractivity contribution is 6.30. The van der Waals surface area contributed by atoms with Crippen molar-refractivity contribution in [3.8, 4) is 11.5 Å². The van der Waals surface area contributed by atoms with E-state index in [1.807, 2.05) is 0 Å². The van der Waals surface area contributed by atoms with Crippen LogP contribution in [0.5, 0.6) is 11.5 Å². The number of nitrogens with zero attached hydrogens (tertiary/aromatic N) is 1. The number of hydrogen-bond acceptors (Lipinski definition) is 4. The Bertz CT molecular complexity index is 888. The van der Waals surface area contributed by atoms with Gasteiger partial charge in [0.2, 0.25) is 5.91 Å². The minimum atomic E-state index is -4.56. The van der Waals surface area contributed by atoms with E-state index in [1.54, 1.807) is 0 Å². The van der Waals surface area contributed by atoms with Gasteiger partial charge in [0.15, 0.2) is 0 Å². The van der Waals surface area contributed by atoms with Crippen molar-refractivity contribution >= 4 is 23.4 Å². The first kappa shape index (κ1) is 19.9. The van der Waals surface area contributed by atoms with Crippen LogP contribution in [-0.4, -0.2) is 29.4 Å². The van der Waals surface area contributed by atoms with Crippen molar-refractivity contribution in [2.45, 2.75) is 25.1 Å². The second kappa shape index (κ2) is 8.05. The summed E-state index contributed by atoms with van der Waals surface area (Å²) in [5, 5.41) is 5.71. The largest absolute Gasteiger partial charge is 0.455 e. The number of halogens is 4. The Morgan fingerprint density at radius 3 is 2.71 bits per heavy atom. The first-order valence-corrected chi connectivity index (χ1v) is 8.68. The Labute approximate surface area is 163 Å². The molecule has 0 bridgehead atoms. The van der Waals surface area contributed by atoms with Crippen LogP contribution in [0.4, 0.5) is 13.2 Å². The van der Waals surface area contributed by atoms with E-state index in [2.05, 4.69) is 15.6 Å². The van der Waals surface area contributed by atoms with E-state index in [4.69, 9.17) is 16.3 Å². The number of hydrogen-bond donors (Lipinski definition) is 2. The fourth-order valence-electron chi connectivity index (χ4n) is 2.67. The molecule has 2 heterocycles. The van der Waals surface area contributed by atoms with Gasteiger partial charge in [0.1, 0.15) is 17.2 Å². The number of alkyl halides is 3. The van der Waals surface area contributed by atoms with Crippen molar-refractivity contribution in [2.75, 3.05) is 6.54 Å². The summed E-state index contributed by atoms with van der Waals surface area (Å²) in [6.45, 7) is 0.463. The molecule has 0 spiro atoms. The molecule has 0 aliphatic carbocycles. The predicted octanol–water partition coefficient (Wildman–Crippen LogP) is 3.55. The summed E-state index contributed by atoms with van der Waals surface area (Å²) in [7, 11) is 0. The zero-order valence-electron chi connectivity index (χ0n) is 14.3. The molecule has 0 radical (unpaired) electrons. The van der Waals surface area contributed by atoms with Crippen molar-refractivity contribution < 1.29 is 27.5 Å².